The van der Waals surface area contributed by atoms with Crippen molar-refractivity contribution in [1.82, 2.24) is 19.7 Å². The molecule has 0 amide bonds. The number of carboxylic acids is 1. The zero-order chi connectivity index (χ0) is 22.2. The van der Waals surface area contributed by atoms with Gasteiger partial charge in [-0.15, -0.1) is 0 Å². The summed E-state index contributed by atoms with van der Waals surface area (Å²) in [4.78, 5) is 21.2. The highest BCUT2D eigenvalue weighted by Crippen LogP contribution is 2.49. The molecule has 1 N–H and O–H groups in total. The zero-order valence-electron chi connectivity index (χ0n) is 17.3. The molecular weight excluding hydrogens is 404 g/mol. The third-order valence-corrected chi connectivity index (χ3v) is 5.63. The van der Waals surface area contributed by atoms with Crippen molar-refractivity contribution in [3.8, 4) is 11.5 Å². The Balaban J connectivity index is 1.57. The number of aryl methyl sites for hydroxylation is 1. The van der Waals surface area contributed by atoms with Crippen LogP contribution >= 0.6 is 0 Å². The van der Waals surface area contributed by atoms with Crippen LogP contribution in [0.15, 0.2) is 36.5 Å². The van der Waals surface area contributed by atoms with Crippen LogP contribution in [0.25, 0.3) is 11.5 Å². The van der Waals surface area contributed by atoms with E-state index < -0.39 is 11.8 Å². The van der Waals surface area contributed by atoms with Crippen molar-refractivity contribution in [2.75, 3.05) is 18.5 Å². The molecule has 0 bridgehead atoms. The van der Waals surface area contributed by atoms with Crippen molar-refractivity contribution < 1.29 is 18.7 Å². The molecule has 1 aromatic carbocycles. The molecule has 162 valence electrons. The minimum Gasteiger partial charge on any atom is -0.481 e. The van der Waals surface area contributed by atoms with Crippen molar-refractivity contribution >= 4 is 11.8 Å². The van der Waals surface area contributed by atoms with Gasteiger partial charge in [-0.05, 0) is 37.3 Å². The fraction of sp³-hybridized carbons (Fsp3) is 0.364. The highest BCUT2D eigenvalue weighted by Gasteiger charge is 2.45. The summed E-state index contributed by atoms with van der Waals surface area (Å²) >= 11 is 0. The molecule has 1 aliphatic rings. The summed E-state index contributed by atoms with van der Waals surface area (Å²) in [6.07, 6.45) is 2.73. The van der Waals surface area contributed by atoms with E-state index in [-0.39, 0.29) is 35.8 Å². The van der Waals surface area contributed by atoms with Crippen molar-refractivity contribution in [3.05, 3.63) is 59.4 Å². The summed E-state index contributed by atoms with van der Waals surface area (Å²) < 4.78 is 30.1. The lowest BCUT2D eigenvalue weighted by Gasteiger charge is -2.24. The number of aliphatic carboxylic acids is 1. The Labute approximate surface area is 178 Å². The monoisotopic (exact) mass is 427 g/mol. The van der Waals surface area contributed by atoms with Crippen molar-refractivity contribution in [2.24, 2.45) is 5.41 Å². The zero-order valence-corrected chi connectivity index (χ0v) is 17.3. The lowest BCUT2D eigenvalue weighted by atomic mass is 10.0. The van der Waals surface area contributed by atoms with Crippen LogP contribution in [-0.4, -0.2) is 44.4 Å². The first kappa shape index (κ1) is 20.9. The van der Waals surface area contributed by atoms with Gasteiger partial charge in [0.15, 0.2) is 17.5 Å². The van der Waals surface area contributed by atoms with Gasteiger partial charge in [0.2, 0.25) is 0 Å². The first-order chi connectivity index (χ1) is 14.8. The Morgan fingerprint density at radius 1 is 1.26 bits per heavy atom. The molecular formula is C22H23F2N5O2. The summed E-state index contributed by atoms with van der Waals surface area (Å²) in [5, 5.41) is 13.6. The second-order valence-corrected chi connectivity index (χ2v) is 8.21. The number of nitrogens with zero attached hydrogens (tertiary/aromatic N) is 5. The molecule has 1 aliphatic carbocycles. The fourth-order valence-corrected chi connectivity index (χ4v) is 3.78. The summed E-state index contributed by atoms with van der Waals surface area (Å²) in [7, 11) is 1.69. The van der Waals surface area contributed by atoms with E-state index in [1.165, 1.54) is 6.07 Å². The fourth-order valence-electron chi connectivity index (χ4n) is 3.78. The van der Waals surface area contributed by atoms with E-state index in [1.54, 1.807) is 40.9 Å². The van der Waals surface area contributed by atoms with Crippen molar-refractivity contribution in [3.63, 3.8) is 0 Å². The molecule has 2 heterocycles. The number of anilines is 1. The molecule has 3 aromatic rings. The lowest BCUT2D eigenvalue weighted by molar-refractivity contribution is -0.138. The molecule has 0 unspecified atom stereocenters. The van der Waals surface area contributed by atoms with Gasteiger partial charge < -0.3 is 10.0 Å². The molecule has 7 nitrogen and oxygen atoms in total. The number of aromatic nitrogens is 4. The van der Waals surface area contributed by atoms with Crippen LogP contribution in [0, 0.1) is 24.0 Å². The van der Waals surface area contributed by atoms with Crippen LogP contribution in [0.3, 0.4) is 0 Å². The van der Waals surface area contributed by atoms with E-state index in [0.717, 1.165) is 24.7 Å². The Bertz CT molecular complexity index is 1130. The minimum absolute atomic E-state index is 0.0521. The molecule has 31 heavy (non-hydrogen) atoms. The maximum atomic E-state index is 14.5. The first-order valence-electron chi connectivity index (χ1n) is 10.00. The van der Waals surface area contributed by atoms with Gasteiger partial charge in [-0.1, -0.05) is 18.2 Å². The summed E-state index contributed by atoms with van der Waals surface area (Å²) in [5.74, 6) is -1.40. The molecule has 0 aliphatic heterocycles. The summed E-state index contributed by atoms with van der Waals surface area (Å²) in [5.41, 5.74) is 1.42. The highest BCUT2D eigenvalue weighted by molar-refractivity contribution is 5.68. The molecule has 2 aromatic heterocycles. The van der Waals surface area contributed by atoms with Gasteiger partial charge in [0.1, 0.15) is 11.5 Å². The summed E-state index contributed by atoms with van der Waals surface area (Å²) in [6, 6.07) is 8.26. The number of hydrogen-bond donors (Lipinski definition) is 1. The van der Waals surface area contributed by atoms with E-state index in [1.807, 2.05) is 6.92 Å². The third kappa shape index (κ3) is 4.55. The number of hydrogen-bond acceptors (Lipinski definition) is 5. The standard InChI is InChI=1S/C22H23F2N5O2/c1-14-9-18(27-29(14)12-15-5-3-4-6-16(15)23)20-25-11-17(24)21(26-20)28(2)13-22(7-8-22)10-19(30)31/h3-6,9,11H,7-8,10,12-13H2,1-2H3,(H,30,31). The Morgan fingerprint density at radius 2 is 2.00 bits per heavy atom. The number of halogens is 2. The molecule has 1 fully saturated rings. The highest BCUT2D eigenvalue weighted by atomic mass is 19.1. The van der Waals surface area contributed by atoms with E-state index in [2.05, 4.69) is 15.1 Å². The van der Waals surface area contributed by atoms with Gasteiger partial charge in [-0.2, -0.15) is 5.10 Å². The predicted molar refractivity (Wildman–Crippen MR) is 111 cm³/mol. The number of carbonyl (C=O) groups is 1. The van der Waals surface area contributed by atoms with Gasteiger partial charge in [0.05, 0.1) is 19.2 Å². The van der Waals surface area contributed by atoms with E-state index in [4.69, 9.17) is 5.11 Å². The van der Waals surface area contributed by atoms with Gasteiger partial charge in [0, 0.05) is 24.8 Å². The van der Waals surface area contributed by atoms with Gasteiger partial charge in [-0.3, -0.25) is 9.48 Å². The second-order valence-electron chi connectivity index (χ2n) is 8.21. The second kappa shape index (κ2) is 8.05. The van der Waals surface area contributed by atoms with Crippen LogP contribution in [-0.2, 0) is 11.3 Å². The molecule has 4 rings (SSSR count). The van der Waals surface area contributed by atoms with Crippen molar-refractivity contribution in [1.29, 1.82) is 0 Å². The number of rotatable bonds is 8. The van der Waals surface area contributed by atoms with Crippen molar-refractivity contribution in [2.45, 2.75) is 32.7 Å². The predicted octanol–water partition coefficient (Wildman–Crippen LogP) is 3.67. The van der Waals surface area contributed by atoms with Crippen LogP contribution in [0.2, 0.25) is 0 Å². The largest absolute Gasteiger partial charge is 0.481 e. The minimum atomic E-state index is -0.856. The summed E-state index contributed by atoms with van der Waals surface area (Å²) in [6.45, 7) is 2.49. The smallest absolute Gasteiger partial charge is 0.303 e. The van der Waals surface area contributed by atoms with Gasteiger partial charge >= 0.3 is 5.97 Å². The topological polar surface area (TPSA) is 84.1 Å². The number of benzene rings is 1. The lowest BCUT2D eigenvalue weighted by Crippen LogP contribution is -2.29. The molecule has 0 saturated heterocycles. The molecule has 0 radical (unpaired) electrons. The van der Waals surface area contributed by atoms with Crippen LogP contribution in [0.5, 0.6) is 0 Å². The molecule has 1 saturated carbocycles. The van der Waals surface area contributed by atoms with Crippen LogP contribution in [0.4, 0.5) is 14.6 Å². The Kier molecular flexibility index (Phi) is 5.43. The maximum Gasteiger partial charge on any atom is 0.303 e. The van der Waals surface area contributed by atoms with Crippen LogP contribution < -0.4 is 4.90 Å². The molecule has 0 atom stereocenters. The van der Waals surface area contributed by atoms with Gasteiger partial charge in [-0.25, -0.2) is 18.7 Å². The third-order valence-electron chi connectivity index (χ3n) is 5.63. The average Bonchev–Trinajstić information content (AvgIpc) is 3.35. The average molecular weight is 427 g/mol. The normalized spacial score (nSPS) is 14.5. The molecule has 9 heteroatoms. The Morgan fingerprint density at radius 3 is 2.68 bits per heavy atom. The number of carboxylic acid groups (broad SMARTS) is 1. The first-order valence-corrected chi connectivity index (χ1v) is 10.00. The van der Waals surface area contributed by atoms with E-state index in [0.29, 0.717) is 17.8 Å². The van der Waals surface area contributed by atoms with E-state index >= 15 is 0 Å². The quantitative estimate of drug-likeness (QED) is 0.591. The molecule has 0 spiro atoms. The Hall–Kier alpha value is -3.36. The van der Waals surface area contributed by atoms with Gasteiger partial charge in [0.25, 0.3) is 0 Å². The maximum absolute atomic E-state index is 14.5. The SMILES string of the molecule is Cc1cc(-c2ncc(F)c(N(C)CC3(CC(=O)O)CC3)n2)nn1Cc1ccccc1F. The van der Waals surface area contributed by atoms with E-state index in [9.17, 15) is 13.6 Å². The van der Waals surface area contributed by atoms with Crippen LogP contribution in [0.1, 0.15) is 30.5 Å².